The summed E-state index contributed by atoms with van der Waals surface area (Å²) in [6, 6.07) is -0.979. The van der Waals surface area contributed by atoms with Gasteiger partial charge in [-0.1, -0.05) is 334 Å². The van der Waals surface area contributed by atoms with E-state index in [1.54, 1.807) is 6.08 Å². The zero-order chi connectivity index (χ0) is 58.0. The Labute approximate surface area is 494 Å². The molecule has 1 saturated heterocycles. The molecule has 0 aromatic carbocycles. The Morgan fingerprint density at radius 3 is 1.05 bits per heavy atom. The number of carbonyl (C=O) groups excluding carboxylic acids is 1. The second kappa shape index (κ2) is 59.4. The molecule has 80 heavy (non-hydrogen) atoms. The number of hydrogen-bond donors (Lipinski definition) is 7. The van der Waals surface area contributed by atoms with Crippen LogP contribution in [0, 0.1) is 0 Å². The Morgan fingerprint density at radius 2 is 0.725 bits per heavy atom. The van der Waals surface area contributed by atoms with Gasteiger partial charge in [0.05, 0.1) is 25.4 Å². The van der Waals surface area contributed by atoms with E-state index in [0.29, 0.717) is 6.42 Å². The first-order valence-electron chi connectivity index (χ1n) is 35.2. The predicted molar refractivity (Wildman–Crippen MR) is 338 cm³/mol. The van der Waals surface area contributed by atoms with Crippen LogP contribution in [0.25, 0.3) is 0 Å². The van der Waals surface area contributed by atoms with Crippen molar-refractivity contribution in [1.29, 1.82) is 0 Å². The lowest BCUT2D eigenvalue weighted by Crippen LogP contribution is -2.60. The fourth-order valence-corrected chi connectivity index (χ4v) is 11.5. The van der Waals surface area contributed by atoms with Crippen LogP contribution in [0.4, 0.5) is 0 Å². The maximum Gasteiger partial charge on any atom is 0.249 e. The number of amides is 1. The Kier molecular flexibility index (Phi) is 56.9. The molecule has 474 valence electrons. The molecule has 8 atom stereocenters. The standard InChI is InChI=1S/C70H135NO9/c1-3-5-7-9-11-13-15-17-19-21-22-23-24-25-26-27-28-29-30-31-32-33-34-35-36-37-38-39-40-41-43-45-47-49-51-53-55-57-59-64(74)69(78)71-62(61-79-70-68(77)67(76)66(75)65(60-72)80-70)63(73)58-56-54-52-50-48-46-44-42-20-18-16-14-12-10-8-6-4-2/h31-32,56,58,62-68,70,72-77H,3-30,33-55,57,59-61H2,1-2H3,(H,71,78)/b32-31-,58-56+. The first kappa shape index (κ1) is 76.6. The normalized spacial score (nSPS) is 18.9. The van der Waals surface area contributed by atoms with Crippen LogP contribution in [-0.4, -0.2) is 98.7 Å². The van der Waals surface area contributed by atoms with Crippen molar-refractivity contribution in [1.82, 2.24) is 5.32 Å². The molecule has 1 aliphatic rings. The number of ether oxygens (including phenoxy) is 2. The number of carbonyl (C=O) groups is 1. The molecule has 1 amide bonds. The van der Waals surface area contributed by atoms with Crippen molar-refractivity contribution in [3.8, 4) is 0 Å². The highest BCUT2D eigenvalue weighted by Crippen LogP contribution is 2.24. The zero-order valence-electron chi connectivity index (χ0n) is 52.7. The van der Waals surface area contributed by atoms with Gasteiger partial charge >= 0.3 is 0 Å². The van der Waals surface area contributed by atoms with Crippen LogP contribution in [0.3, 0.4) is 0 Å². The lowest BCUT2D eigenvalue weighted by molar-refractivity contribution is -0.302. The number of aliphatic hydroxyl groups is 6. The van der Waals surface area contributed by atoms with E-state index in [2.05, 4.69) is 31.3 Å². The average Bonchev–Trinajstić information content (AvgIpc) is 3.46. The van der Waals surface area contributed by atoms with Gasteiger partial charge in [0, 0.05) is 0 Å². The summed E-state index contributed by atoms with van der Waals surface area (Å²) >= 11 is 0. The van der Waals surface area contributed by atoms with Gasteiger partial charge < -0.3 is 45.4 Å². The molecular formula is C70H135NO9. The minimum Gasteiger partial charge on any atom is -0.394 e. The van der Waals surface area contributed by atoms with Crippen LogP contribution in [0.2, 0.25) is 0 Å². The van der Waals surface area contributed by atoms with Crippen LogP contribution in [0.15, 0.2) is 24.3 Å². The molecule has 10 heteroatoms. The molecule has 0 aromatic rings. The summed E-state index contributed by atoms with van der Waals surface area (Å²) < 4.78 is 11.2. The molecule has 10 nitrogen and oxygen atoms in total. The van der Waals surface area contributed by atoms with Crippen molar-refractivity contribution >= 4 is 5.91 Å². The molecule has 0 aromatic heterocycles. The smallest absolute Gasteiger partial charge is 0.249 e. The number of allylic oxidation sites excluding steroid dienone is 3. The summed E-state index contributed by atoms with van der Waals surface area (Å²) in [6.07, 6.45) is 67.6. The van der Waals surface area contributed by atoms with Gasteiger partial charge in [-0.2, -0.15) is 0 Å². The lowest BCUT2D eigenvalue weighted by atomic mass is 9.99. The van der Waals surface area contributed by atoms with Gasteiger partial charge in [-0.15, -0.1) is 0 Å². The molecule has 0 aliphatic carbocycles. The molecule has 8 unspecified atom stereocenters. The van der Waals surface area contributed by atoms with Gasteiger partial charge in [-0.05, 0) is 44.9 Å². The zero-order valence-corrected chi connectivity index (χ0v) is 52.7. The van der Waals surface area contributed by atoms with E-state index >= 15 is 0 Å². The molecule has 0 bridgehead atoms. The number of unbranched alkanes of at least 4 members (excludes halogenated alkanes) is 49. The van der Waals surface area contributed by atoms with Gasteiger partial charge in [-0.25, -0.2) is 0 Å². The van der Waals surface area contributed by atoms with Crippen LogP contribution < -0.4 is 5.32 Å². The number of rotatable bonds is 62. The summed E-state index contributed by atoms with van der Waals surface area (Å²) in [5.41, 5.74) is 0. The monoisotopic (exact) mass is 1130 g/mol. The van der Waals surface area contributed by atoms with Crippen molar-refractivity contribution in [2.75, 3.05) is 13.2 Å². The Balaban J connectivity index is 2.08. The molecule has 0 saturated carbocycles. The van der Waals surface area contributed by atoms with Crippen molar-refractivity contribution in [3.05, 3.63) is 24.3 Å². The predicted octanol–water partition coefficient (Wildman–Crippen LogP) is 17.8. The highest BCUT2D eigenvalue weighted by atomic mass is 16.7. The second-order valence-electron chi connectivity index (χ2n) is 24.8. The Hall–Kier alpha value is -1.37. The van der Waals surface area contributed by atoms with E-state index in [0.717, 1.165) is 44.9 Å². The third-order valence-electron chi connectivity index (χ3n) is 17.1. The molecule has 1 rings (SSSR count). The highest BCUT2D eigenvalue weighted by molar-refractivity contribution is 5.80. The topological polar surface area (TPSA) is 169 Å². The summed E-state index contributed by atoms with van der Waals surface area (Å²) in [5.74, 6) is -0.610. The minimum atomic E-state index is -1.61. The molecule has 1 fully saturated rings. The van der Waals surface area contributed by atoms with Gasteiger partial charge in [0.15, 0.2) is 6.29 Å². The Morgan fingerprint density at radius 1 is 0.425 bits per heavy atom. The minimum absolute atomic E-state index is 0.302. The van der Waals surface area contributed by atoms with Crippen molar-refractivity contribution in [2.24, 2.45) is 0 Å². The summed E-state index contributed by atoms with van der Waals surface area (Å²) in [4.78, 5) is 13.2. The van der Waals surface area contributed by atoms with Crippen LogP contribution in [0.1, 0.15) is 354 Å². The van der Waals surface area contributed by atoms with Gasteiger partial charge in [0.2, 0.25) is 5.91 Å². The third-order valence-corrected chi connectivity index (χ3v) is 17.1. The third kappa shape index (κ3) is 46.9. The summed E-state index contributed by atoms with van der Waals surface area (Å²) in [6.45, 7) is 3.67. The molecule has 1 aliphatic heterocycles. The van der Waals surface area contributed by atoms with E-state index in [9.17, 15) is 35.4 Å². The van der Waals surface area contributed by atoms with Gasteiger partial charge in [0.25, 0.3) is 0 Å². The van der Waals surface area contributed by atoms with E-state index in [1.807, 2.05) is 6.08 Å². The van der Waals surface area contributed by atoms with Crippen molar-refractivity contribution in [3.63, 3.8) is 0 Å². The first-order chi connectivity index (χ1) is 39.3. The lowest BCUT2D eigenvalue weighted by Gasteiger charge is -2.40. The molecule has 7 N–H and O–H groups in total. The van der Waals surface area contributed by atoms with Crippen LogP contribution in [0.5, 0.6) is 0 Å². The van der Waals surface area contributed by atoms with E-state index < -0.39 is 61.5 Å². The second-order valence-corrected chi connectivity index (χ2v) is 24.8. The fourth-order valence-electron chi connectivity index (χ4n) is 11.5. The average molecular weight is 1130 g/mol. The maximum atomic E-state index is 13.2. The number of nitrogens with one attached hydrogen (secondary N) is 1. The number of hydrogen-bond acceptors (Lipinski definition) is 9. The highest BCUT2D eigenvalue weighted by Gasteiger charge is 2.44. The van der Waals surface area contributed by atoms with E-state index in [-0.39, 0.29) is 6.61 Å². The van der Waals surface area contributed by atoms with E-state index in [1.165, 1.54) is 289 Å². The van der Waals surface area contributed by atoms with Crippen LogP contribution in [-0.2, 0) is 14.3 Å². The molecule has 0 radical (unpaired) electrons. The first-order valence-corrected chi connectivity index (χ1v) is 35.2. The molecule has 1 heterocycles. The quantitative estimate of drug-likeness (QED) is 0.0232. The largest absolute Gasteiger partial charge is 0.394 e. The number of aliphatic hydroxyl groups excluding tert-OH is 6. The van der Waals surface area contributed by atoms with Gasteiger partial charge in [0.1, 0.15) is 30.5 Å². The fraction of sp³-hybridized carbons (Fsp3) is 0.929. The summed E-state index contributed by atoms with van der Waals surface area (Å²) in [5, 5.41) is 65.2. The molecular weight excluding hydrogens is 999 g/mol. The van der Waals surface area contributed by atoms with Crippen molar-refractivity contribution < 1.29 is 44.9 Å². The SMILES string of the molecule is CCCCCCCCCCCCCCCCC/C=C/C(O)C(COC1OC(CO)C(O)C(O)C1O)NC(=O)C(O)CCCCCCCCCCCCCCCCCC/C=C\CCCCCCCCCCCCCCCCCCCC. The molecule has 0 spiro atoms. The van der Waals surface area contributed by atoms with Crippen LogP contribution >= 0.6 is 0 Å². The van der Waals surface area contributed by atoms with Gasteiger partial charge in [-0.3, -0.25) is 4.79 Å². The van der Waals surface area contributed by atoms with E-state index in [4.69, 9.17) is 9.47 Å². The summed E-state index contributed by atoms with van der Waals surface area (Å²) in [7, 11) is 0. The van der Waals surface area contributed by atoms with Crippen molar-refractivity contribution in [2.45, 2.75) is 403 Å². The Bertz CT molecular complexity index is 1330. The maximum absolute atomic E-state index is 13.2.